The molecule has 0 spiro atoms. The lowest BCUT2D eigenvalue weighted by Gasteiger charge is -2.27. The van der Waals surface area contributed by atoms with E-state index in [2.05, 4.69) is 12.2 Å². The predicted octanol–water partition coefficient (Wildman–Crippen LogP) is 2.37. The van der Waals surface area contributed by atoms with Gasteiger partial charge in [0.2, 0.25) is 0 Å². The summed E-state index contributed by atoms with van der Waals surface area (Å²) >= 11 is 0. The summed E-state index contributed by atoms with van der Waals surface area (Å²) in [6.45, 7) is 3.11. The van der Waals surface area contributed by atoms with Crippen LogP contribution in [0.2, 0.25) is 0 Å². The van der Waals surface area contributed by atoms with Gasteiger partial charge in [0.25, 0.3) is 0 Å². The van der Waals surface area contributed by atoms with E-state index < -0.39 is 5.97 Å². The number of carboxylic acid groups (broad SMARTS) is 1. The third-order valence-corrected chi connectivity index (χ3v) is 3.13. The molecular weight excluding hydrogens is 202 g/mol. The quantitative estimate of drug-likeness (QED) is 0.820. The first kappa shape index (κ1) is 11.1. The van der Waals surface area contributed by atoms with Crippen LogP contribution in [0.5, 0.6) is 0 Å². The van der Waals surface area contributed by atoms with E-state index >= 15 is 0 Å². The second-order valence-corrected chi connectivity index (χ2v) is 4.26. The molecule has 1 aliphatic rings. The lowest BCUT2D eigenvalue weighted by molar-refractivity contribution is 0.0696. The van der Waals surface area contributed by atoms with Gasteiger partial charge < -0.3 is 10.4 Å². The van der Waals surface area contributed by atoms with Crippen LogP contribution < -0.4 is 5.32 Å². The Labute approximate surface area is 95.5 Å². The molecule has 0 aliphatic carbocycles. The maximum absolute atomic E-state index is 10.9. The minimum atomic E-state index is -0.839. The number of carboxylic acids is 1. The van der Waals surface area contributed by atoms with E-state index in [0.29, 0.717) is 11.6 Å². The summed E-state index contributed by atoms with van der Waals surface area (Å²) in [6, 6.07) is 5.89. The molecule has 1 heterocycles. The van der Waals surface area contributed by atoms with Crippen LogP contribution in [-0.2, 0) is 6.42 Å². The van der Waals surface area contributed by atoms with Gasteiger partial charge in [-0.05, 0) is 42.6 Å². The molecule has 3 heteroatoms. The second-order valence-electron chi connectivity index (χ2n) is 4.26. The highest BCUT2D eigenvalue weighted by atomic mass is 16.4. The smallest absolute Gasteiger partial charge is 0.335 e. The van der Waals surface area contributed by atoms with Crippen molar-refractivity contribution in [2.45, 2.75) is 32.2 Å². The van der Waals surface area contributed by atoms with Gasteiger partial charge in [0.15, 0.2) is 0 Å². The number of rotatable bonds is 3. The highest BCUT2D eigenvalue weighted by Gasteiger charge is 2.19. The lowest BCUT2D eigenvalue weighted by atomic mass is 9.90. The van der Waals surface area contributed by atoms with Crippen molar-refractivity contribution < 1.29 is 9.90 Å². The van der Waals surface area contributed by atoms with E-state index in [0.717, 1.165) is 25.8 Å². The average molecular weight is 219 g/mol. The normalized spacial score (nSPS) is 19.2. The van der Waals surface area contributed by atoms with Crippen LogP contribution >= 0.6 is 0 Å². The Kier molecular flexibility index (Phi) is 3.25. The van der Waals surface area contributed by atoms with Gasteiger partial charge in [0, 0.05) is 6.04 Å². The fraction of sp³-hybridized carbons (Fsp3) is 0.462. The molecule has 0 saturated heterocycles. The number of hydrogen-bond donors (Lipinski definition) is 2. The molecule has 0 saturated carbocycles. The first-order valence-electron chi connectivity index (χ1n) is 5.82. The molecule has 16 heavy (non-hydrogen) atoms. The number of hydrogen-bond acceptors (Lipinski definition) is 2. The molecule has 2 rings (SSSR count). The Morgan fingerprint density at radius 3 is 3.06 bits per heavy atom. The maximum Gasteiger partial charge on any atom is 0.335 e. The van der Waals surface area contributed by atoms with Gasteiger partial charge >= 0.3 is 5.97 Å². The van der Waals surface area contributed by atoms with Gasteiger partial charge in [0.05, 0.1) is 5.56 Å². The first-order chi connectivity index (χ1) is 7.72. The van der Waals surface area contributed by atoms with Gasteiger partial charge in [-0.3, -0.25) is 0 Å². The Morgan fingerprint density at radius 2 is 2.38 bits per heavy atom. The molecular formula is C13H17NO2. The van der Waals surface area contributed by atoms with E-state index in [1.54, 1.807) is 6.07 Å². The van der Waals surface area contributed by atoms with Gasteiger partial charge in [-0.25, -0.2) is 4.79 Å². The minimum absolute atomic E-state index is 0.399. The van der Waals surface area contributed by atoms with Crippen molar-refractivity contribution in [3.8, 4) is 0 Å². The van der Waals surface area contributed by atoms with Crippen molar-refractivity contribution in [3.05, 3.63) is 34.9 Å². The lowest BCUT2D eigenvalue weighted by Crippen LogP contribution is -2.29. The van der Waals surface area contributed by atoms with Crippen LogP contribution in [0.15, 0.2) is 18.2 Å². The highest BCUT2D eigenvalue weighted by molar-refractivity contribution is 5.88. The summed E-state index contributed by atoms with van der Waals surface area (Å²) in [4.78, 5) is 10.9. The zero-order chi connectivity index (χ0) is 11.5. The monoisotopic (exact) mass is 219 g/mol. The zero-order valence-corrected chi connectivity index (χ0v) is 9.49. The largest absolute Gasteiger partial charge is 0.478 e. The molecule has 1 unspecified atom stereocenters. The first-order valence-corrected chi connectivity index (χ1v) is 5.82. The molecule has 1 aliphatic heterocycles. The molecule has 0 radical (unpaired) electrons. The Hall–Kier alpha value is -1.35. The van der Waals surface area contributed by atoms with Crippen LogP contribution in [0.1, 0.15) is 47.3 Å². The van der Waals surface area contributed by atoms with E-state index in [-0.39, 0.29) is 0 Å². The van der Waals surface area contributed by atoms with Crippen molar-refractivity contribution in [1.82, 2.24) is 5.32 Å². The maximum atomic E-state index is 10.9. The standard InChI is InChI=1S/C13H17NO2/c1-2-3-12-11-5-4-10(13(15)16)8-9(11)6-7-14-12/h4-5,8,12,14H,2-3,6-7H2,1H3,(H,15,16). The Balaban J connectivity index is 2.32. The number of carbonyl (C=O) groups is 1. The van der Waals surface area contributed by atoms with Gasteiger partial charge in [-0.1, -0.05) is 19.4 Å². The van der Waals surface area contributed by atoms with Crippen LogP contribution in [0.25, 0.3) is 0 Å². The molecule has 86 valence electrons. The third-order valence-electron chi connectivity index (χ3n) is 3.13. The summed E-state index contributed by atoms with van der Waals surface area (Å²) in [5.74, 6) is -0.839. The highest BCUT2D eigenvalue weighted by Crippen LogP contribution is 2.27. The summed E-state index contributed by atoms with van der Waals surface area (Å²) in [7, 11) is 0. The van der Waals surface area contributed by atoms with Gasteiger partial charge in [0.1, 0.15) is 0 Å². The van der Waals surface area contributed by atoms with Crippen molar-refractivity contribution in [1.29, 1.82) is 0 Å². The van der Waals surface area contributed by atoms with Crippen molar-refractivity contribution in [2.24, 2.45) is 0 Å². The number of fused-ring (bicyclic) bond motifs is 1. The number of nitrogens with one attached hydrogen (secondary N) is 1. The Bertz CT molecular complexity index is 401. The molecule has 1 aromatic rings. The Morgan fingerprint density at radius 1 is 1.56 bits per heavy atom. The number of aromatic carboxylic acids is 1. The summed E-state index contributed by atoms with van der Waals surface area (Å²) in [5.41, 5.74) is 2.87. The molecule has 0 fully saturated rings. The molecule has 1 atom stereocenters. The predicted molar refractivity (Wildman–Crippen MR) is 62.8 cm³/mol. The molecule has 3 nitrogen and oxygen atoms in total. The number of benzene rings is 1. The van der Waals surface area contributed by atoms with E-state index in [1.165, 1.54) is 11.1 Å². The van der Waals surface area contributed by atoms with E-state index in [9.17, 15) is 4.79 Å². The summed E-state index contributed by atoms with van der Waals surface area (Å²) < 4.78 is 0. The van der Waals surface area contributed by atoms with E-state index in [4.69, 9.17) is 5.11 Å². The molecule has 0 amide bonds. The fourth-order valence-electron chi connectivity index (χ4n) is 2.33. The van der Waals surface area contributed by atoms with Crippen LogP contribution in [0.4, 0.5) is 0 Å². The average Bonchev–Trinajstić information content (AvgIpc) is 2.29. The molecule has 0 aromatic heterocycles. The third kappa shape index (κ3) is 2.09. The zero-order valence-electron chi connectivity index (χ0n) is 9.49. The van der Waals surface area contributed by atoms with Crippen LogP contribution in [-0.4, -0.2) is 17.6 Å². The SMILES string of the molecule is CCCC1NCCc2cc(C(=O)O)ccc21. The van der Waals surface area contributed by atoms with Gasteiger partial charge in [-0.2, -0.15) is 0 Å². The molecule has 2 N–H and O–H groups in total. The van der Waals surface area contributed by atoms with Crippen molar-refractivity contribution >= 4 is 5.97 Å². The van der Waals surface area contributed by atoms with Gasteiger partial charge in [-0.15, -0.1) is 0 Å². The second kappa shape index (κ2) is 4.66. The van der Waals surface area contributed by atoms with Crippen LogP contribution in [0, 0.1) is 0 Å². The summed E-state index contributed by atoms with van der Waals surface area (Å²) in [5, 5.41) is 12.4. The minimum Gasteiger partial charge on any atom is -0.478 e. The fourth-order valence-corrected chi connectivity index (χ4v) is 2.33. The van der Waals surface area contributed by atoms with E-state index in [1.807, 2.05) is 12.1 Å². The molecule has 1 aromatic carbocycles. The van der Waals surface area contributed by atoms with Crippen LogP contribution in [0.3, 0.4) is 0 Å². The summed E-state index contributed by atoms with van der Waals surface area (Å²) in [6.07, 6.45) is 3.17. The molecule has 0 bridgehead atoms. The van der Waals surface area contributed by atoms with Crippen molar-refractivity contribution in [2.75, 3.05) is 6.54 Å². The topological polar surface area (TPSA) is 49.3 Å². The van der Waals surface area contributed by atoms with Crippen molar-refractivity contribution in [3.63, 3.8) is 0 Å².